The van der Waals surface area contributed by atoms with Crippen molar-refractivity contribution in [2.75, 3.05) is 26.7 Å². The lowest BCUT2D eigenvalue weighted by atomic mass is 10.0. The number of rotatable bonds is 5. The normalized spacial score (nSPS) is 16.3. The van der Waals surface area contributed by atoms with Crippen LogP contribution in [0, 0.1) is 5.92 Å². The Hall–Kier alpha value is -1.10. The molecule has 1 aliphatic rings. The Labute approximate surface area is 114 Å². The first-order valence-corrected chi connectivity index (χ1v) is 5.87. The van der Waals surface area contributed by atoms with E-state index in [-0.39, 0.29) is 18.3 Å². The van der Waals surface area contributed by atoms with E-state index in [0.29, 0.717) is 5.92 Å². The summed E-state index contributed by atoms with van der Waals surface area (Å²) >= 11 is 0. The third-order valence-electron chi connectivity index (χ3n) is 3.01. The van der Waals surface area contributed by atoms with Gasteiger partial charge < -0.3 is 15.4 Å². The van der Waals surface area contributed by atoms with Gasteiger partial charge in [-0.3, -0.25) is 4.79 Å². The molecular formula is C13H19ClN2O2. The SMILES string of the molecule is COC(C(=O)NCC1CNC1)c1ccccc1.Cl. The third-order valence-corrected chi connectivity index (χ3v) is 3.01. The van der Waals surface area contributed by atoms with E-state index < -0.39 is 6.10 Å². The molecule has 18 heavy (non-hydrogen) atoms. The molecule has 2 rings (SSSR count). The highest BCUT2D eigenvalue weighted by Crippen LogP contribution is 2.16. The molecule has 1 fully saturated rings. The first kappa shape index (κ1) is 15.0. The van der Waals surface area contributed by atoms with Crippen molar-refractivity contribution in [2.45, 2.75) is 6.10 Å². The fourth-order valence-corrected chi connectivity index (χ4v) is 1.85. The van der Waals surface area contributed by atoms with E-state index in [1.54, 1.807) is 7.11 Å². The topological polar surface area (TPSA) is 50.4 Å². The molecule has 4 nitrogen and oxygen atoms in total. The fraction of sp³-hybridized carbons (Fsp3) is 0.462. The van der Waals surface area contributed by atoms with E-state index in [1.807, 2.05) is 30.3 Å². The molecule has 1 amide bonds. The highest BCUT2D eigenvalue weighted by molar-refractivity contribution is 5.85. The number of carbonyl (C=O) groups is 1. The van der Waals surface area contributed by atoms with Crippen LogP contribution in [0.1, 0.15) is 11.7 Å². The summed E-state index contributed by atoms with van der Waals surface area (Å²) in [5, 5.41) is 6.11. The van der Waals surface area contributed by atoms with Gasteiger partial charge in [-0.2, -0.15) is 0 Å². The number of methoxy groups -OCH3 is 1. The van der Waals surface area contributed by atoms with Crippen molar-refractivity contribution in [3.8, 4) is 0 Å². The molecule has 1 saturated heterocycles. The molecule has 0 aromatic heterocycles. The predicted octanol–water partition coefficient (Wildman–Crippen LogP) is 1.13. The number of nitrogens with one attached hydrogen (secondary N) is 2. The summed E-state index contributed by atoms with van der Waals surface area (Å²) in [4.78, 5) is 12.0. The Morgan fingerprint density at radius 3 is 2.61 bits per heavy atom. The Morgan fingerprint density at radius 1 is 1.44 bits per heavy atom. The van der Waals surface area contributed by atoms with Crippen LogP contribution in [0.25, 0.3) is 0 Å². The van der Waals surface area contributed by atoms with Crippen molar-refractivity contribution in [2.24, 2.45) is 5.92 Å². The smallest absolute Gasteiger partial charge is 0.253 e. The summed E-state index contributed by atoms with van der Waals surface area (Å²) < 4.78 is 5.25. The molecular weight excluding hydrogens is 252 g/mol. The van der Waals surface area contributed by atoms with E-state index >= 15 is 0 Å². The highest BCUT2D eigenvalue weighted by Gasteiger charge is 2.22. The Balaban J connectivity index is 0.00000162. The maximum atomic E-state index is 12.0. The second-order valence-electron chi connectivity index (χ2n) is 4.30. The highest BCUT2D eigenvalue weighted by atomic mass is 35.5. The van der Waals surface area contributed by atoms with Crippen molar-refractivity contribution >= 4 is 18.3 Å². The van der Waals surface area contributed by atoms with Gasteiger partial charge in [-0.15, -0.1) is 12.4 Å². The molecule has 2 N–H and O–H groups in total. The van der Waals surface area contributed by atoms with Gasteiger partial charge >= 0.3 is 0 Å². The first-order chi connectivity index (χ1) is 8.31. The van der Waals surface area contributed by atoms with Crippen LogP contribution in [-0.2, 0) is 9.53 Å². The lowest BCUT2D eigenvalue weighted by Gasteiger charge is -2.27. The molecule has 1 aromatic carbocycles. The van der Waals surface area contributed by atoms with Crippen LogP contribution >= 0.6 is 12.4 Å². The van der Waals surface area contributed by atoms with Gasteiger partial charge in [0.25, 0.3) is 5.91 Å². The van der Waals surface area contributed by atoms with E-state index in [4.69, 9.17) is 4.74 Å². The number of halogens is 1. The number of benzene rings is 1. The minimum absolute atomic E-state index is 0. The summed E-state index contributed by atoms with van der Waals surface area (Å²) in [6.45, 7) is 2.70. The monoisotopic (exact) mass is 270 g/mol. The third kappa shape index (κ3) is 3.70. The summed E-state index contributed by atoms with van der Waals surface area (Å²) in [6.07, 6.45) is -0.510. The minimum Gasteiger partial charge on any atom is -0.367 e. The molecule has 5 heteroatoms. The average Bonchev–Trinajstić information content (AvgIpc) is 2.29. The van der Waals surface area contributed by atoms with Crippen LogP contribution < -0.4 is 10.6 Å². The number of amides is 1. The van der Waals surface area contributed by atoms with Crippen molar-refractivity contribution < 1.29 is 9.53 Å². The standard InChI is InChI=1S/C13H18N2O2.ClH/c1-17-12(11-5-3-2-4-6-11)13(16)15-9-10-7-14-8-10;/h2-6,10,12,14H,7-9H2,1H3,(H,15,16);1H. The maximum Gasteiger partial charge on any atom is 0.253 e. The second kappa shape index (κ2) is 7.36. The van der Waals surface area contributed by atoms with E-state index in [9.17, 15) is 4.79 Å². The molecule has 0 spiro atoms. The van der Waals surface area contributed by atoms with Crippen molar-refractivity contribution in [1.82, 2.24) is 10.6 Å². The Bertz CT molecular complexity index is 369. The van der Waals surface area contributed by atoms with Crippen molar-refractivity contribution in [1.29, 1.82) is 0 Å². The average molecular weight is 271 g/mol. The first-order valence-electron chi connectivity index (χ1n) is 5.87. The van der Waals surface area contributed by atoms with Gasteiger partial charge in [0.15, 0.2) is 6.10 Å². The Kier molecular flexibility index (Phi) is 6.12. The maximum absolute atomic E-state index is 12.0. The lowest BCUT2D eigenvalue weighted by molar-refractivity contribution is -0.131. The molecule has 0 radical (unpaired) electrons. The van der Waals surface area contributed by atoms with Crippen molar-refractivity contribution in [3.63, 3.8) is 0 Å². The van der Waals surface area contributed by atoms with E-state index in [2.05, 4.69) is 10.6 Å². The van der Waals surface area contributed by atoms with Crippen LogP contribution in [-0.4, -0.2) is 32.7 Å². The zero-order valence-corrected chi connectivity index (χ0v) is 11.2. The molecule has 1 aromatic rings. The number of hydrogen-bond acceptors (Lipinski definition) is 3. The summed E-state index contributed by atoms with van der Waals surface area (Å²) in [7, 11) is 1.56. The number of hydrogen-bond donors (Lipinski definition) is 2. The largest absolute Gasteiger partial charge is 0.367 e. The molecule has 0 aliphatic carbocycles. The number of ether oxygens (including phenoxy) is 1. The molecule has 1 unspecified atom stereocenters. The second-order valence-corrected chi connectivity index (χ2v) is 4.30. The molecule has 1 aliphatic heterocycles. The van der Waals surface area contributed by atoms with Crippen LogP contribution in [0.15, 0.2) is 30.3 Å². The summed E-state index contributed by atoms with van der Waals surface area (Å²) in [6, 6.07) is 9.54. The van der Waals surface area contributed by atoms with Crippen molar-refractivity contribution in [3.05, 3.63) is 35.9 Å². The zero-order chi connectivity index (χ0) is 12.1. The van der Waals surface area contributed by atoms with Gasteiger partial charge in [-0.05, 0) is 5.56 Å². The van der Waals surface area contributed by atoms with Gasteiger partial charge in [0.2, 0.25) is 0 Å². The van der Waals surface area contributed by atoms with Crippen LogP contribution in [0.3, 0.4) is 0 Å². The fourth-order valence-electron chi connectivity index (χ4n) is 1.85. The van der Waals surface area contributed by atoms with Gasteiger partial charge in [-0.1, -0.05) is 30.3 Å². The van der Waals surface area contributed by atoms with E-state index in [0.717, 1.165) is 25.2 Å². The van der Waals surface area contributed by atoms with Crippen LogP contribution in [0.4, 0.5) is 0 Å². The Morgan fingerprint density at radius 2 is 2.11 bits per heavy atom. The zero-order valence-electron chi connectivity index (χ0n) is 10.4. The van der Waals surface area contributed by atoms with Gasteiger partial charge in [0, 0.05) is 32.7 Å². The lowest BCUT2D eigenvalue weighted by Crippen LogP contribution is -2.48. The van der Waals surface area contributed by atoms with E-state index in [1.165, 1.54) is 0 Å². The molecule has 1 heterocycles. The molecule has 0 saturated carbocycles. The molecule has 100 valence electrons. The molecule has 0 bridgehead atoms. The summed E-state index contributed by atoms with van der Waals surface area (Å²) in [5.74, 6) is 0.498. The molecule has 1 atom stereocenters. The van der Waals surface area contributed by atoms with Gasteiger partial charge in [0.05, 0.1) is 0 Å². The van der Waals surface area contributed by atoms with Crippen LogP contribution in [0.5, 0.6) is 0 Å². The van der Waals surface area contributed by atoms with Gasteiger partial charge in [0.1, 0.15) is 0 Å². The quantitative estimate of drug-likeness (QED) is 0.843. The van der Waals surface area contributed by atoms with Gasteiger partial charge in [-0.25, -0.2) is 0 Å². The predicted molar refractivity (Wildman–Crippen MR) is 72.8 cm³/mol. The van der Waals surface area contributed by atoms with Crippen LogP contribution in [0.2, 0.25) is 0 Å². The minimum atomic E-state index is -0.510. The summed E-state index contributed by atoms with van der Waals surface area (Å²) in [5.41, 5.74) is 0.888. The number of carbonyl (C=O) groups excluding carboxylic acids is 1.